The third-order valence-corrected chi connectivity index (χ3v) is 2.97. The zero-order valence-corrected chi connectivity index (χ0v) is 12.0. The van der Waals surface area contributed by atoms with Crippen LogP contribution in [-0.2, 0) is 0 Å². The fourth-order valence-corrected chi connectivity index (χ4v) is 1.76. The van der Waals surface area contributed by atoms with Crippen molar-refractivity contribution in [3.8, 4) is 0 Å². The molecule has 0 fully saturated rings. The first kappa shape index (κ1) is 13.0. The fourth-order valence-electron chi connectivity index (χ4n) is 1.00. The maximum atomic E-state index is 11.7. The summed E-state index contributed by atoms with van der Waals surface area (Å²) < 4.78 is 0.742. The quantitative estimate of drug-likeness (QED) is 0.825. The van der Waals surface area contributed by atoms with Gasteiger partial charge in [0.25, 0.3) is 5.91 Å². The number of carbonyl (C=O) groups excluding carboxylic acids is 1. The molecular formula is C10H10Br2ClNO. The van der Waals surface area contributed by atoms with Gasteiger partial charge in [-0.25, -0.2) is 0 Å². The Hall–Kier alpha value is -0.0600. The Morgan fingerprint density at radius 3 is 2.87 bits per heavy atom. The highest BCUT2D eigenvalue weighted by Crippen LogP contribution is 2.20. The Bertz CT molecular complexity index is 368. The Kier molecular flexibility index (Phi) is 5.09. The van der Waals surface area contributed by atoms with E-state index in [1.807, 2.05) is 6.92 Å². The van der Waals surface area contributed by atoms with Gasteiger partial charge in [-0.2, -0.15) is 0 Å². The molecule has 5 heteroatoms. The van der Waals surface area contributed by atoms with Crippen LogP contribution in [0.15, 0.2) is 22.7 Å². The number of halogens is 3. The zero-order valence-electron chi connectivity index (χ0n) is 8.06. The molecule has 0 saturated heterocycles. The molecule has 0 aliphatic heterocycles. The summed E-state index contributed by atoms with van der Waals surface area (Å²) in [5.41, 5.74) is 0.552. The van der Waals surface area contributed by atoms with Crippen molar-refractivity contribution in [1.29, 1.82) is 0 Å². The van der Waals surface area contributed by atoms with Gasteiger partial charge in [0.1, 0.15) is 0 Å². The van der Waals surface area contributed by atoms with Crippen LogP contribution in [-0.4, -0.2) is 17.3 Å². The number of alkyl halides is 1. The molecule has 1 unspecified atom stereocenters. The minimum absolute atomic E-state index is 0.129. The van der Waals surface area contributed by atoms with Crippen LogP contribution >= 0.6 is 43.5 Å². The lowest BCUT2D eigenvalue weighted by atomic mass is 10.2. The Morgan fingerprint density at radius 1 is 1.60 bits per heavy atom. The number of carbonyl (C=O) groups is 1. The van der Waals surface area contributed by atoms with Gasteiger partial charge in [0, 0.05) is 20.9 Å². The molecule has 1 amide bonds. The van der Waals surface area contributed by atoms with Crippen LogP contribution < -0.4 is 5.32 Å². The molecule has 15 heavy (non-hydrogen) atoms. The van der Waals surface area contributed by atoms with Crippen molar-refractivity contribution >= 4 is 49.4 Å². The number of hydrogen-bond donors (Lipinski definition) is 1. The normalized spacial score (nSPS) is 12.3. The standard InChI is InChI=1S/C10H10Br2ClNO/c1-6(11)5-14-10(15)8-4-7(13)2-3-9(8)12/h2-4,6H,5H2,1H3,(H,14,15). The predicted molar refractivity (Wildman–Crippen MR) is 69.9 cm³/mol. The number of nitrogens with one attached hydrogen (secondary N) is 1. The van der Waals surface area contributed by atoms with Gasteiger partial charge in [-0.1, -0.05) is 34.5 Å². The zero-order chi connectivity index (χ0) is 11.4. The predicted octanol–water partition coefficient (Wildman–Crippen LogP) is 3.62. The average molecular weight is 355 g/mol. The van der Waals surface area contributed by atoms with E-state index in [0.717, 1.165) is 4.47 Å². The molecule has 0 bridgehead atoms. The number of amides is 1. The molecule has 0 saturated carbocycles. The number of hydrogen-bond acceptors (Lipinski definition) is 1. The van der Waals surface area contributed by atoms with E-state index in [4.69, 9.17) is 11.6 Å². The molecule has 82 valence electrons. The summed E-state index contributed by atoms with van der Waals surface area (Å²) in [7, 11) is 0. The van der Waals surface area contributed by atoms with Gasteiger partial charge in [0.15, 0.2) is 0 Å². The van der Waals surface area contributed by atoms with E-state index in [1.165, 1.54) is 0 Å². The Labute approximate surface area is 111 Å². The van der Waals surface area contributed by atoms with Crippen LogP contribution in [0.5, 0.6) is 0 Å². The van der Waals surface area contributed by atoms with E-state index in [9.17, 15) is 4.79 Å². The summed E-state index contributed by atoms with van der Waals surface area (Å²) >= 11 is 12.5. The van der Waals surface area contributed by atoms with Crippen molar-refractivity contribution in [1.82, 2.24) is 5.32 Å². The van der Waals surface area contributed by atoms with E-state index in [0.29, 0.717) is 17.1 Å². The van der Waals surface area contributed by atoms with Gasteiger partial charge in [-0.15, -0.1) is 0 Å². The lowest BCUT2D eigenvalue weighted by Crippen LogP contribution is -2.28. The average Bonchev–Trinajstić information content (AvgIpc) is 2.18. The highest BCUT2D eigenvalue weighted by atomic mass is 79.9. The first-order chi connectivity index (χ1) is 7.00. The van der Waals surface area contributed by atoms with E-state index in [1.54, 1.807) is 18.2 Å². The van der Waals surface area contributed by atoms with Crippen molar-refractivity contribution in [2.75, 3.05) is 6.54 Å². The van der Waals surface area contributed by atoms with Crippen molar-refractivity contribution in [3.63, 3.8) is 0 Å². The molecule has 0 heterocycles. The van der Waals surface area contributed by atoms with Gasteiger partial charge >= 0.3 is 0 Å². The molecule has 1 aromatic rings. The second kappa shape index (κ2) is 5.87. The van der Waals surface area contributed by atoms with E-state index in [-0.39, 0.29) is 10.7 Å². The summed E-state index contributed by atoms with van der Waals surface area (Å²) in [6.45, 7) is 2.55. The van der Waals surface area contributed by atoms with E-state index in [2.05, 4.69) is 37.2 Å². The van der Waals surface area contributed by atoms with Crippen molar-refractivity contribution in [2.24, 2.45) is 0 Å². The summed E-state index contributed by atoms with van der Waals surface area (Å²) in [5, 5.41) is 3.34. The maximum Gasteiger partial charge on any atom is 0.252 e. The largest absolute Gasteiger partial charge is 0.351 e. The second-order valence-electron chi connectivity index (χ2n) is 3.11. The SMILES string of the molecule is CC(Br)CNC(=O)c1cc(Cl)ccc1Br. The van der Waals surface area contributed by atoms with Crippen LogP contribution in [0.2, 0.25) is 5.02 Å². The summed E-state index contributed by atoms with van der Waals surface area (Å²) in [4.78, 5) is 12.0. The lowest BCUT2D eigenvalue weighted by molar-refractivity contribution is 0.0953. The van der Waals surface area contributed by atoms with Crippen LogP contribution in [0.25, 0.3) is 0 Å². The molecule has 1 rings (SSSR count). The van der Waals surface area contributed by atoms with Crippen molar-refractivity contribution < 1.29 is 4.79 Å². The molecule has 0 aromatic heterocycles. The summed E-state index contributed by atoms with van der Waals surface area (Å²) in [5.74, 6) is -0.129. The monoisotopic (exact) mass is 353 g/mol. The molecule has 1 atom stereocenters. The van der Waals surface area contributed by atoms with Crippen molar-refractivity contribution in [3.05, 3.63) is 33.3 Å². The highest BCUT2D eigenvalue weighted by Gasteiger charge is 2.10. The second-order valence-corrected chi connectivity index (χ2v) is 5.97. The molecule has 1 aromatic carbocycles. The summed E-state index contributed by atoms with van der Waals surface area (Å²) in [6.07, 6.45) is 0. The molecule has 0 spiro atoms. The fraction of sp³-hybridized carbons (Fsp3) is 0.300. The Balaban J connectivity index is 2.77. The van der Waals surface area contributed by atoms with Crippen LogP contribution in [0.4, 0.5) is 0 Å². The molecule has 0 aliphatic rings. The molecule has 2 nitrogen and oxygen atoms in total. The third kappa shape index (κ3) is 4.13. The first-order valence-corrected chi connectivity index (χ1v) is 6.46. The Morgan fingerprint density at radius 2 is 2.27 bits per heavy atom. The van der Waals surface area contributed by atoms with E-state index >= 15 is 0 Å². The number of benzene rings is 1. The van der Waals surface area contributed by atoms with Crippen LogP contribution in [0, 0.1) is 0 Å². The minimum Gasteiger partial charge on any atom is -0.351 e. The molecule has 0 aliphatic carbocycles. The van der Waals surface area contributed by atoms with Gasteiger partial charge in [0.2, 0.25) is 0 Å². The van der Waals surface area contributed by atoms with Gasteiger partial charge in [-0.05, 0) is 34.1 Å². The van der Waals surface area contributed by atoms with E-state index < -0.39 is 0 Å². The van der Waals surface area contributed by atoms with Crippen LogP contribution in [0.1, 0.15) is 17.3 Å². The topological polar surface area (TPSA) is 29.1 Å². The molecular weight excluding hydrogens is 345 g/mol. The maximum absolute atomic E-state index is 11.7. The highest BCUT2D eigenvalue weighted by molar-refractivity contribution is 9.10. The summed E-state index contributed by atoms with van der Waals surface area (Å²) in [6, 6.07) is 5.13. The van der Waals surface area contributed by atoms with Gasteiger partial charge in [-0.3, -0.25) is 4.79 Å². The minimum atomic E-state index is -0.129. The first-order valence-electron chi connectivity index (χ1n) is 4.38. The number of rotatable bonds is 3. The van der Waals surface area contributed by atoms with Gasteiger partial charge < -0.3 is 5.32 Å². The van der Waals surface area contributed by atoms with Crippen molar-refractivity contribution in [2.45, 2.75) is 11.8 Å². The molecule has 0 radical (unpaired) electrons. The smallest absolute Gasteiger partial charge is 0.252 e. The van der Waals surface area contributed by atoms with Crippen LogP contribution in [0.3, 0.4) is 0 Å². The lowest BCUT2D eigenvalue weighted by Gasteiger charge is -2.08. The van der Waals surface area contributed by atoms with Gasteiger partial charge in [0.05, 0.1) is 5.56 Å². The third-order valence-electron chi connectivity index (χ3n) is 1.72. The molecule has 1 N–H and O–H groups in total.